The number of aliphatic carboxylic acids is 1. The van der Waals surface area contributed by atoms with E-state index in [-0.39, 0.29) is 5.91 Å². The summed E-state index contributed by atoms with van der Waals surface area (Å²) < 4.78 is 1.82. The van der Waals surface area contributed by atoms with Crippen molar-refractivity contribution in [3.8, 4) is 0 Å². The summed E-state index contributed by atoms with van der Waals surface area (Å²) >= 11 is 0. The van der Waals surface area contributed by atoms with E-state index in [1.807, 2.05) is 23.9 Å². The Morgan fingerprint density at radius 3 is 2.75 bits per heavy atom. The maximum absolute atomic E-state index is 11.8. The van der Waals surface area contributed by atoms with Gasteiger partial charge in [0.25, 0.3) is 5.91 Å². The zero-order valence-corrected chi connectivity index (χ0v) is 11.9. The van der Waals surface area contributed by atoms with E-state index in [0.29, 0.717) is 18.5 Å². The van der Waals surface area contributed by atoms with Crippen LogP contribution in [0, 0.1) is 0 Å². The molecule has 0 fully saturated rings. The molecule has 1 aromatic heterocycles. The Hall–Kier alpha value is -1.95. The third-order valence-corrected chi connectivity index (χ3v) is 3.05. The van der Waals surface area contributed by atoms with Crippen molar-refractivity contribution in [2.45, 2.75) is 25.3 Å². The number of carboxylic acid groups (broad SMARTS) is 1. The molecule has 1 unspecified atom stereocenters. The second kappa shape index (κ2) is 8.27. The van der Waals surface area contributed by atoms with E-state index < -0.39 is 12.0 Å². The molecule has 0 saturated carbocycles. The van der Waals surface area contributed by atoms with E-state index in [2.05, 4.69) is 10.6 Å². The fourth-order valence-corrected chi connectivity index (χ4v) is 1.89. The van der Waals surface area contributed by atoms with E-state index in [0.717, 1.165) is 12.8 Å². The smallest absolute Gasteiger partial charge is 0.320 e. The van der Waals surface area contributed by atoms with Crippen LogP contribution in [0.5, 0.6) is 0 Å². The molecule has 0 spiro atoms. The quantitative estimate of drug-likeness (QED) is 0.465. The maximum atomic E-state index is 11.8. The first-order chi connectivity index (χ1) is 9.54. The second-order valence-corrected chi connectivity index (χ2v) is 4.69. The number of carbonyl (C=O) groups excluding carboxylic acids is 1. The van der Waals surface area contributed by atoms with Gasteiger partial charge in [-0.15, -0.1) is 0 Å². The lowest BCUT2D eigenvalue weighted by Gasteiger charge is -2.10. The van der Waals surface area contributed by atoms with Crippen molar-refractivity contribution in [1.29, 1.82) is 0 Å². The molecule has 6 nitrogen and oxygen atoms in total. The Morgan fingerprint density at radius 2 is 2.15 bits per heavy atom. The van der Waals surface area contributed by atoms with Gasteiger partial charge in [-0.05, 0) is 32.4 Å². The second-order valence-electron chi connectivity index (χ2n) is 4.69. The molecule has 20 heavy (non-hydrogen) atoms. The number of hydrogen-bond acceptors (Lipinski definition) is 3. The van der Waals surface area contributed by atoms with Crippen molar-refractivity contribution in [1.82, 2.24) is 10.6 Å². The summed E-state index contributed by atoms with van der Waals surface area (Å²) in [5.41, 5.74) is 0.619. The molecule has 0 aliphatic heterocycles. The van der Waals surface area contributed by atoms with Gasteiger partial charge in [0, 0.05) is 12.6 Å². The molecular weight excluding hydrogens is 258 g/mol. The van der Waals surface area contributed by atoms with Gasteiger partial charge in [-0.1, -0.05) is 0 Å². The van der Waals surface area contributed by atoms with E-state index in [4.69, 9.17) is 5.11 Å². The molecule has 0 aliphatic carbocycles. The van der Waals surface area contributed by atoms with Crippen LogP contribution in [0.2, 0.25) is 0 Å². The molecule has 110 valence electrons. The van der Waals surface area contributed by atoms with Crippen molar-refractivity contribution < 1.29 is 19.3 Å². The Balaban J connectivity index is 2.24. The van der Waals surface area contributed by atoms with Gasteiger partial charge >= 0.3 is 5.97 Å². The molecule has 0 aromatic carbocycles. The van der Waals surface area contributed by atoms with Crippen molar-refractivity contribution in [2.75, 3.05) is 13.6 Å². The van der Waals surface area contributed by atoms with Crippen LogP contribution in [0.3, 0.4) is 0 Å². The van der Waals surface area contributed by atoms with Gasteiger partial charge in [0.2, 0.25) is 0 Å². The van der Waals surface area contributed by atoms with E-state index in [9.17, 15) is 9.59 Å². The van der Waals surface area contributed by atoms with Gasteiger partial charge in [-0.2, -0.15) is 0 Å². The number of carbonyl (C=O) groups is 2. The van der Waals surface area contributed by atoms with Gasteiger partial charge < -0.3 is 15.7 Å². The number of aryl methyl sites for hydroxylation is 1. The van der Waals surface area contributed by atoms with Crippen LogP contribution in [-0.4, -0.2) is 36.6 Å². The number of likely N-dealkylation sites (N-methyl/N-ethyl adjacent to an activating group) is 1. The highest BCUT2D eigenvalue weighted by atomic mass is 16.4. The van der Waals surface area contributed by atoms with Crippen LogP contribution in [-0.2, 0) is 11.8 Å². The first kappa shape index (κ1) is 16.1. The Kier molecular flexibility index (Phi) is 6.66. The highest BCUT2D eigenvalue weighted by Gasteiger charge is 2.13. The summed E-state index contributed by atoms with van der Waals surface area (Å²) in [6, 6.07) is 3.06. The fourth-order valence-electron chi connectivity index (χ4n) is 1.89. The fraction of sp³-hybridized carbons (Fsp3) is 0.500. The van der Waals surface area contributed by atoms with Crippen LogP contribution in [0.4, 0.5) is 0 Å². The van der Waals surface area contributed by atoms with Crippen molar-refractivity contribution in [3.63, 3.8) is 0 Å². The van der Waals surface area contributed by atoms with Gasteiger partial charge in [0.15, 0.2) is 12.4 Å². The lowest BCUT2D eigenvalue weighted by molar-refractivity contribution is -0.671. The van der Waals surface area contributed by atoms with Gasteiger partial charge in [0.1, 0.15) is 18.7 Å². The number of nitrogens with one attached hydrogen (secondary N) is 2. The lowest BCUT2D eigenvalue weighted by atomic mass is 10.1. The summed E-state index contributed by atoms with van der Waals surface area (Å²) in [4.78, 5) is 22.6. The van der Waals surface area contributed by atoms with E-state index >= 15 is 0 Å². The number of aromatic nitrogens is 1. The van der Waals surface area contributed by atoms with E-state index in [1.165, 1.54) is 0 Å². The minimum Gasteiger partial charge on any atom is -0.480 e. The van der Waals surface area contributed by atoms with Gasteiger partial charge in [0.05, 0.1) is 0 Å². The first-order valence-corrected chi connectivity index (χ1v) is 6.68. The average molecular weight is 280 g/mol. The number of hydrogen-bond donors (Lipinski definition) is 3. The molecule has 0 radical (unpaired) electrons. The van der Waals surface area contributed by atoms with Crippen LogP contribution in [0.15, 0.2) is 24.5 Å². The Morgan fingerprint density at radius 1 is 1.40 bits per heavy atom. The van der Waals surface area contributed by atoms with Crippen LogP contribution < -0.4 is 15.2 Å². The third kappa shape index (κ3) is 5.36. The standard InChI is InChI=1S/C14H21N3O3/c1-15-12(14(19)20)7-3-4-8-16-13(18)11-6-5-9-17(2)10-11/h5-6,9-10,12,15H,3-4,7-8H2,1-2H3,(H-,16,18,19,20)/p+1. The zero-order valence-electron chi connectivity index (χ0n) is 11.9. The molecule has 1 aromatic rings. The molecule has 1 heterocycles. The molecule has 0 aliphatic rings. The van der Waals surface area contributed by atoms with Crippen molar-refractivity contribution >= 4 is 11.9 Å². The zero-order chi connectivity index (χ0) is 15.0. The largest absolute Gasteiger partial charge is 0.480 e. The van der Waals surface area contributed by atoms with E-state index in [1.54, 1.807) is 19.3 Å². The maximum Gasteiger partial charge on any atom is 0.320 e. The van der Waals surface area contributed by atoms with Crippen LogP contribution in [0.1, 0.15) is 29.6 Å². The normalized spacial score (nSPS) is 11.9. The molecule has 6 heteroatoms. The van der Waals surface area contributed by atoms with Gasteiger partial charge in [-0.25, -0.2) is 4.57 Å². The number of amides is 1. The molecule has 0 bridgehead atoms. The van der Waals surface area contributed by atoms with Crippen molar-refractivity contribution in [2.24, 2.45) is 7.05 Å². The molecule has 1 rings (SSSR count). The molecule has 0 saturated heterocycles. The first-order valence-electron chi connectivity index (χ1n) is 6.68. The van der Waals surface area contributed by atoms with Crippen LogP contribution >= 0.6 is 0 Å². The summed E-state index contributed by atoms with van der Waals surface area (Å²) in [6.07, 6.45) is 5.69. The van der Waals surface area contributed by atoms with Crippen molar-refractivity contribution in [3.05, 3.63) is 30.1 Å². The third-order valence-electron chi connectivity index (χ3n) is 3.05. The topological polar surface area (TPSA) is 82.3 Å². The monoisotopic (exact) mass is 280 g/mol. The predicted octanol–water partition coefficient (Wildman–Crippen LogP) is 0.0838. The van der Waals surface area contributed by atoms with Gasteiger partial charge in [-0.3, -0.25) is 9.59 Å². The predicted molar refractivity (Wildman–Crippen MR) is 74.3 cm³/mol. The number of unbranched alkanes of at least 4 members (excludes halogenated alkanes) is 1. The molecular formula is C14H22N3O3+. The lowest BCUT2D eigenvalue weighted by Crippen LogP contribution is -2.34. The Bertz CT molecular complexity index is 463. The molecule has 1 atom stereocenters. The number of rotatable bonds is 8. The number of nitrogens with zero attached hydrogens (tertiary/aromatic N) is 1. The summed E-state index contributed by atoms with van der Waals surface area (Å²) in [5, 5.41) is 14.4. The van der Waals surface area contributed by atoms with Crippen LogP contribution in [0.25, 0.3) is 0 Å². The Labute approximate surface area is 118 Å². The SMILES string of the molecule is CNC(CCCCNC(=O)c1ccc[n+](C)c1)C(=O)O. The number of pyridine rings is 1. The minimum absolute atomic E-state index is 0.107. The molecule has 1 amide bonds. The highest BCUT2D eigenvalue weighted by Crippen LogP contribution is 2.01. The number of carboxylic acids is 1. The average Bonchev–Trinajstić information content (AvgIpc) is 2.42. The summed E-state index contributed by atoms with van der Waals surface area (Å²) in [5.74, 6) is -0.946. The highest BCUT2D eigenvalue weighted by molar-refractivity contribution is 5.93. The summed E-state index contributed by atoms with van der Waals surface area (Å²) in [7, 11) is 3.50. The minimum atomic E-state index is -0.840. The molecule has 3 N–H and O–H groups in total. The summed E-state index contributed by atoms with van der Waals surface area (Å²) in [6.45, 7) is 0.549.